The van der Waals surface area contributed by atoms with Gasteiger partial charge >= 0.3 is 0 Å². The third kappa shape index (κ3) is 0.755. The molecular formula is C9H8O2. The standard InChI is InChI=1S/C9H8O2/c1-11-8-4-2-3-6-5-7(10)9(6)8/h2-4H,5H2,1H3. The van der Waals surface area contributed by atoms with Crippen molar-refractivity contribution in [2.75, 3.05) is 7.11 Å². The lowest BCUT2D eigenvalue weighted by Gasteiger charge is -2.19. The van der Waals surface area contributed by atoms with Crippen LogP contribution < -0.4 is 4.74 Å². The summed E-state index contributed by atoms with van der Waals surface area (Å²) in [5.41, 5.74) is 1.88. The molecule has 0 heterocycles. The van der Waals surface area contributed by atoms with Gasteiger partial charge in [0.15, 0.2) is 5.78 Å². The monoisotopic (exact) mass is 148 g/mol. The van der Waals surface area contributed by atoms with Crippen molar-refractivity contribution in [1.29, 1.82) is 0 Å². The van der Waals surface area contributed by atoms with Crippen molar-refractivity contribution < 1.29 is 9.53 Å². The van der Waals surface area contributed by atoms with Gasteiger partial charge in [-0.2, -0.15) is 0 Å². The summed E-state index contributed by atoms with van der Waals surface area (Å²) in [6, 6.07) is 5.68. The Balaban J connectivity index is 2.58. The van der Waals surface area contributed by atoms with E-state index in [-0.39, 0.29) is 5.78 Å². The number of hydrogen-bond acceptors (Lipinski definition) is 2. The molecule has 2 nitrogen and oxygen atoms in total. The lowest BCUT2D eigenvalue weighted by molar-refractivity contribution is 0.0964. The molecule has 0 spiro atoms. The Labute approximate surface area is 64.8 Å². The summed E-state index contributed by atoms with van der Waals surface area (Å²) < 4.78 is 5.03. The van der Waals surface area contributed by atoms with Gasteiger partial charge in [-0.1, -0.05) is 12.1 Å². The second-order valence-electron chi connectivity index (χ2n) is 2.59. The molecule has 0 saturated carbocycles. The second kappa shape index (κ2) is 2.09. The predicted molar refractivity (Wildman–Crippen MR) is 41.0 cm³/mol. The lowest BCUT2D eigenvalue weighted by Crippen LogP contribution is -2.19. The highest BCUT2D eigenvalue weighted by Crippen LogP contribution is 2.31. The normalized spacial score (nSPS) is 13.7. The molecule has 56 valence electrons. The third-order valence-electron chi connectivity index (χ3n) is 1.96. The molecule has 0 unspecified atom stereocenters. The molecule has 1 aliphatic rings. The summed E-state index contributed by atoms with van der Waals surface area (Å²) >= 11 is 0. The third-order valence-corrected chi connectivity index (χ3v) is 1.96. The Bertz CT molecular complexity index is 315. The molecule has 11 heavy (non-hydrogen) atoms. The van der Waals surface area contributed by atoms with Gasteiger partial charge in [-0.3, -0.25) is 4.79 Å². The lowest BCUT2D eigenvalue weighted by atomic mass is 9.86. The molecule has 2 rings (SSSR count). The first-order chi connectivity index (χ1) is 5.33. The zero-order valence-electron chi connectivity index (χ0n) is 6.26. The molecule has 0 atom stereocenters. The summed E-state index contributed by atoms with van der Waals surface area (Å²) in [4.78, 5) is 11.0. The Kier molecular flexibility index (Phi) is 1.22. The van der Waals surface area contributed by atoms with Gasteiger partial charge in [0.1, 0.15) is 5.75 Å². The summed E-state index contributed by atoms with van der Waals surface area (Å²) in [6.45, 7) is 0. The van der Waals surface area contributed by atoms with Crippen LogP contribution in [0.3, 0.4) is 0 Å². The van der Waals surface area contributed by atoms with E-state index in [1.165, 1.54) is 0 Å². The van der Waals surface area contributed by atoms with Gasteiger partial charge in [-0.25, -0.2) is 0 Å². The fraction of sp³-hybridized carbons (Fsp3) is 0.222. The molecule has 0 saturated heterocycles. The Morgan fingerprint density at radius 1 is 1.45 bits per heavy atom. The Morgan fingerprint density at radius 2 is 2.27 bits per heavy atom. The molecule has 0 amide bonds. The van der Waals surface area contributed by atoms with Gasteiger partial charge in [0.05, 0.1) is 12.7 Å². The van der Waals surface area contributed by atoms with Crippen LogP contribution in [0.1, 0.15) is 15.9 Å². The maximum Gasteiger partial charge on any atom is 0.171 e. The molecule has 0 bridgehead atoms. The molecule has 0 aliphatic heterocycles. The van der Waals surface area contributed by atoms with E-state index < -0.39 is 0 Å². The zero-order chi connectivity index (χ0) is 7.84. The van der Waals surface area contributed by atoms with E-state index in [4.69, 9.17) is 4.74 Å². The van der Waals surface area contributed by atoms with E-state index in [0.29, 0.717) is 12.2 Å². The average molecular weight is 148 g/mol. The highest BCUT2D eigenvalue weighted by Gasteiger charge is 2.26. The summed E-state index contributed by atoms with van der Waals surface area (Å²) in [7, 11) is 1.58. The van der Waals surface area contributed by atoms with Crippen molar-refractivity contribution in [2.45, 2.75) is 6.42 Å². The largest absolute Gasteiger partial charge is 0.496 e. The maximum atomic E-state index is 11.0. The van der Waals surface area contributed by atoms with Gasteiger partial charge in [0.25, 0.3) is 0 Å². The van der Waals surface area contributed by atoms with Crippen LogP contribution in [-0.2, 0) is 6.42 Å². The Hall–Kier alpha value is -1.31. The molecular weight excluding hydrogens is 140 g/mol. The van der Waals surface area contributed by atoms with Crippen LogP contribution >= 0.6 is 0 Å². The van der Waals surface area contributed by atoms with E-state index in [2.05, 4.69) is 0 Å². The molecule has 0 aromatic heterocycles. The van der Waals surface area contributed by atoms with Crippen molar-refractivity contribution in [2.24, 2.45) is 0 Å². The molecule has 2 heteroatoms. The number of rotatable bonds is 1. The van der Waals surface area contributed by atoms with E-state index in [1.54, 1.807) is 7.11 Å². The number of benzene rings is 1. The number of ketones is 1. The van der Waals surface area contributed by atoms with Gasteiger partial charge < -0.3 is 4.74 Å². The minimum atomic E-state index is 0.192. The van der Waals surface area contributed by atoms with Crippen molar-refractivity contribution in [3.05, 3.63) is 29.3 Å². The first-order valence-electron chi connectivity index (χ1n) is 3.52. The average Bonchev–Trinajstić information content (AvgIpc) is 2.01. The quantitative estimate of drug-likeness (QED) is 0.602. The van der Waals surface area contributed by atoms with Crippen LogP contribution in [-0.4, -0.2) is 12.9 Å². The van der Waals surface area contributed by atoms with Crippen LogP contribution in [0.15, 0.2) is 18.2 Å². The number of ether oxygens (including phenoxy) is 1. The SMILES string of the molecule is COc1cccc2c1C(=O)C2. The van der Waals surface area contributed by atoms with Crippen LogP contribution in [0, 0.1) is 0 Å². The number of carbonyl (C=O) groups excluding carboxylic acids is 1. The highest BCUT2D eigenvalue weighted by molar-refractivity contribution is 6.08. The number of carbonyl (C=O) groups is 1. The predicted octanol–water partition coefficient (Wildman–Crippen LogP) is 1.43. The zero-order valence-corrected chi connectivity index (χ0v) is 6.26. The van der Waals surface area contributed by atoms with Crippen molar-refractivity contribution >= 4 is 5.78 Å². The highest BCUT2D eigenvalue weighted by atomic mass is 16.5. The number of Topliss-reactive ketones (excluding diaryl/α,β-unsaturated/α-hetero) is 1. The Morgan fingerprint density at radius 3 is 2.82 bits per heavy atom. The van der Waals surface area contributed by atoms with Gasteiger partial charge in [-0.05, 0) is 11.6 Å². The molecule has 0 radical (unpaired) electrons. The first kappa shape index (κ1) is 6.40. The van der Waals surface area contributed by atoms with Gasteiger partial charge in [0, 0.05) is 6.42 Å². The molecule has 1 aliphatic carbocycles. The molecule has 0 fully saturated rings. The summed E-state index contributed by atoms with van der Waals surface area (Å²) in [5, 5.41) is 0. The van der Waals surface area contributed by atoms with E-state index >= 15 is 0 Å². The van der Waals surface area contributed by atoms with Crippen molar-refractivity contribution in [3.8, 4) is 5.75 Å². The molecule has 0 N–H and O–H groups in total. The summed E-state index contributed by atoms with van der Waals surface area (Å²) in [5.74, 6) is 0.899. The van der Waals surface area contributed by atoms with Crippen molar-refractivity contribution in [3.63, 3.8) is 0 Å². The maximum absolute atomic E-state index is 11.0. The summed E-state index contributed by atoms with van der Waals surface area (Å²) in [6.07, 6.45) is 0.576. The number of hydrogen-bond donors (Lipinski definition) is 0. The van der Waals surface area contributed by atoms with Crippen LogP contribution in [0.25, 0.3) is 0 Å². The van der Waals surface area contributed by atoms with Crippen LogP contribution in [0.5, 0.6) is 5.75 Å². The minimum Gasteiger partial charge on any atom is -0.496 e. The van der Waals surface area contributed by atoms with E-state index in [9.17, 15) is 4.79 Å². The van der Waals surface area contributed by atoms with Crippen LogP contribution in [0.4, 0.5) is 0 Å². The number of methoxy groups -OCH3 is 1. The topological polar surface area (TPSA) is 26.3 Å². The molecule has 1 aromatic rings. The van der Waals surface area contributed by atoms with Gasteiger partial charge in [0.2, 0.25) is 0 Å². The fourth-order valence-electron chi connectivity index (χ4n) is 1.37. The minimum absolute atomic E-state index is 0.192. The van der Waals surface area contributed by atoms with E-state index in [1.807, 2.05) is 18.2 Å². The van der Waals surface area contributed by atoms with Crippen molar-refractivity contribution in [1.82, 2.24) is 0 Å². The second-order valence-corrected chi connectivity index (χ2v) is 2.59. The van der Waals surface area contributed by atoms with Crippen LogP contribution in [0.2, 0.25) is 0 Å². The molecule has 1 aromatic carbocycles. The fourth-order valence-corrected chi connectivity index (χ4v) is 1.37. The smallest absolute Gasteiger partial charge is 0.171 e. The first-order valence-corrected chi connectivity index (χ1v) is 3.52. The number of fused-ring (bicyclic) bond motifs is 1. The van der Waals surface area contributed by atoms with Gasteiger partial charge in [-0.15, -0.1) is 0 Å². The van der Waals surface area contributed by atoms with E-state index in [0.717, 1.165) is 11.1 Å².